The van der Waals surface area contributed by atoms with Gasteiger partial charge in [0.2, 0.25) is 0 Å². The number of fused-ring (bicyclic) bond motifs is 1. The number of piperazine rings is 1. The zero-order valence-corrected chi connectivity index (χ0v) is 19.1. The Labute approximate surface area is 191 Å². The Kier molecular flexibility index (Phi) is 5.93. The smallest absolute Gasteiger partial charge is 0.253 e. The SMILES string of the molecule is CC(C1CC1)N1CCN(C(=O)c2ccc(NS(=O)c3cccc4cccnc34)cc2)CC1. The molecule has 0 spiro atoms. The molecule has 166 valence electrons. The Morgan fingerprint density at radius 2 is 1.75 bits per heavy atom. The van der Waals surface area contributed by atoms with E-state index in [0.29, 0.717) is 22.2 Å². The highest BCUT2D eigenvalue weighted by Gasteiger charge is 2.34. The predicted octanol–water partition coefficient (Wildman–Crippen LogP) is 3.93. The molecule has 5 rings (SSSR count). The third-order valence-electron chi connectivity index (χ3n) is 6.62. The number of benzene rings is 2. The number of nitrogens with one attached hydrogen (secondary N) is 1. The lowest BCUT2D eigenvalue weighted by molar-refractivity contribution is 0.0564. The van der Waals surface area contributed by atoms with Crippen LogP contribution in [0.2, 0.25) is 0 Å². The van der Waals surface area contributed by atoms with Gasteiger partial charge in [-0.2, -0.15) is 0 Å². The van der Waals surface area contributed by atoms with Gasteiger partial charge in [0, 0.05) is 55.1 Å². The van der Waals surface area contributed by atoms with Crippen LogP contribution in [0.15, 0.2) is 65.7 Å². The molecule has 2 unspecified atom stereocenters. The number of carbonyl (C=O) groups excluding carboxylic acids is 1. The van der Waals surface area contributed by atoms with Crippen LogP contribution < -0.4 is 4.72 Å². The number of para-hydroxylation sites is 1. The van der Waals surface area contributed by atoms with E-state index in [2.05, 4.69) is 21.5 Å². The fraction of sp³-hybridized carbons (Fsp3) is 0.360. The highest BCUT2D eigenvalue weighted by Crippen LogP contribution is 2.35. The molecule has 1 saturated carbocycles. The lowest BCUT2D eigenvalue weighted by atomic mass is 10.1. The summed E-state index contributed by atoms with van der Waals surface area (Å²) in [5, 5.41) is 0.952. The summed E-state index contributed by atoms with van der Waals surface area (Å²) >= 11 is 0. The van der Waals surface area contributed by atoms with Gasteiger partial charge in [0.05, 0.1) is 10.4 Å². The highest BCUT2D eigenvalue weighted by molar-refractivity contribution is 7.86. The van der Waals surface area contributed by atoms with Gasteiger partial charge in [-0.05, 0) is 62.1 Å². The second kappa shape index (κ2) is 9.00. The quantitative estimate of drug-likeness (QED) is 0.621. The van der Waals surface area contributed by atoms with Crippen molar-refractivity contribution in [2.45, 2.75) is 30.7 Å². The first-order valence-corrected chi connectivity index (χ1v) is 12.4. The van der Waals surface area contributed by atoms with Crippen molar-refractivity contribution in [3.63, 3.8) is 0 Å². The van der Waals surface area contributed by atoms with Crippen LogP contribution in [0, 0.1) is 5.92 Å². The molecular formula is C25H28N4O2S. The lowest BCUT2D eigenvalue weighted by Gasteiger charge is -2.38. The molecule has 6 nitrogen and oxygen atoms in total. The normalized spacial score (nSPS) is 19.0. The van der Waals surface area contributed by atoms with E-state index in [1.807, 2.05) is 59.5 Å². The average Bonchev–Trinajstić information content (AvgIpc) is 3.69. The Morgan fingerprint density at radius 1 is 1.03 bits per heavy atom. The standard InChI is InChI=1S/C25H28N4O2S/c1-18(19-7-8-19)28-14-16-29(17-15-28)25(30)21-9-11-22(12-10-21)27-32(31)23-6-2-4-20-5-3-13-26-24(20)23/h2-6,9-13,18-19,27H,7-8,14-17H2,1H3. The van der Waals surface area contributed by atoms with E-state index >= 15 is 0 Å². The van der Waals surface area contributed by atoms with Gasteiger partial charge in [-0.1, -0.05) is 18.2 Å². The number of aromatic nitrogens is 1. The van der Waals surface area contributed by atoms with E-state index in [1.54, 1.807) is 6.20 Å². The van der Waals surface area contributed by atoms with Crippen LogP contribution >= 0.6 is 0 Å². The van der Waals surface area contributed by atoms with Crippen molar-refractivity contribution >= 4 is 33.5 Å². The summed E-state index contributed by atoms with van der Waals surface area (Å²) < 4.78 is 15.9. The molecule has 1 aromatic heterocycles. The number of rotatable bonds is 6. The van der Waals surface area contributed by atoms with E-state index < -0.39 is 11.0 Å². The molecule has 3 aromatic rings. The number of carbonyl (C=O) groups is 1. The summed E-state index contributed by atoms with van der Waals surface area (Å²) in [6, 6.07) is 17.4. The number of hydrogen-bond acceptors (Lipinski definition) is 4. The van der Waals surface area contributed by atoms with Gasteiger partial charge in [0.25, 0.3) is 5.91 Å². The second-order valence-electron chi connectivity index (χ2n) is 8.69. The van der Waals surface area contributed by atoms with E-state index in [4.69, 9.17) is 0 Å². The van der Waals surface area contributed by atoms with Crippen molar-refractivity contribution in [1.82, 2.24) is 14.8 Å². The largest absolute Gasteiger partial charge is 0.336 e. The average molecular weight is 449 g/mol. The Hall–Kier alpha value is -2.77. The van der Waals surface area contributed by atoms with E-state index in [1.165, 1.54) is 12.8 Å². The van der Waals surface area contributed by atoms with Gasteiger partial charge >= 0.3 is 0 Å². The van der Waals surface area contributed by atoms with Crippen molar-refractivity contribution in [2.24, 2.45) is 5.92 Å². The zero-order chi connectivity index (χ0) is 22.1. The van der Waals surface area contributed by atoms with E-state index in [9.17, 15) is 9.00 Å². The third kappa shape index (κ3) is 4.40. The molecular weight excluding hydrogens is 420 g/mol. The number of anilines is 1. The lowest BCUT2D eigenvalue weighted by Crippen LogP contribution is -2.51. The maximum Gasteiger partial charge on any atom is 0.253 e. The molecule has 2 aromatic carbocycles. The summed E-state index contributed by atoms with van der Waals surface area (Å²) in [6.45, 7) is 5.75. The van der Waals surface area contributed by atoms with E-state index in [-0.39, 0.29) is 5.91 Å². The Balaban J connectivity index is 1.21. The first kappa shape index (κ1) is 21.1. The van der Waals surface area contributed by atoms with Crippen molar-refractivity contribution in [3.05, 3.63) is 66.4 Å². The van der Waals surface area contributed by atoms with Crippen molar-refractivity contribution < 1.29 is 9.00 Å². The Bertz CT molecular complexity index is 1130. The second-order valence-corrected chi connectivity index (χ2v) is 9.87. The molecule has 7 heteroatoms. The van der Waals surface area contributed by atoms with Crippen molar-refractivity contribution in [2.75, 3.05) is 30.9 Å². The molecule has 0 bridgehead atoms. The van der Waals surface area contributed by atoms with Gasteiger partial charge < -0.3 is 9.62 Å². The zero-order valence-electron chi connectivity index (χ0n) is 18.2. The molecule has 1 amide bonds. The first-order chi connectivity index (χ1) is 15.6. The van der Waals surface area contributed by atoms with E-state index in [0.717, 1.165) is 43.0 Å². The molecule has 1 aliphatic carbocycles. The first-order valence-electron chi connectivity index (χ1n) is 11.3. The molecule has 2 heterocycles. The highest BCUT2D eigenvalue weighted by atomic mass is 32.2. The van der Waals surface area contributed by atoms with Crippen LogP contribution in [0.4, 0.5) is 5.69 Å². The van der Waals surface area contributed by atoms with Gasteiger partial charge in [-0.25, -0.2) is 4.21 Å². The summed E-state index contributed by atoms with van der Waals surface area (Å²) in [5.74, 6) is 0.919. The van der Waals surface area contributed by atoms with Gasteiger partial charge in [-0.3, -0.25) is 14.7 Å². The summed E-state index contributed by atoms with van der Waals surface area (Å²) in [7, 11) is -1.45. The fourth-order valence-corrected chi connectivity index (χ4v) is 5.47. The number of hydrogen-bond donors (Lipinski definition) is 1. The summed E-state index contributed by atoms with van der Waals surface area (Å²) in [6.07, 6.45) is 4.40. The third-order valence-corrected chi connectivity index (χ3v) is 7.77. The van der Waals surface area contributed by atoms with Crippen molar-refractivity contribution in [1.29, 1.82) is 0 Å². The molecule has 2 atom stereocenters. The minimum Gasteiger partial charge on any atom is -0.336 e. The van der Waals surface area contributed by atoms with Crippen LogP contribution in [-0.4, -0.2) is 57.1 Å². The van der Waals surface area contributed by atoms with Gasteiger partial charge in [0.1, 0.15) is 0 Å². The van der Waals surface area contributed by atoms with Crippen LogP contribution in [-0.2, 0) is 11.0 Å². The fourth-order valence-electron chi connectivity index (χ4n) is 4.46. The van der Waals surface area contributed by atoms with Gasteiger partial charge in [0.15, 0.2) is 11.0 Å². The Morgan fingerprint density at radius 3 is 2.47 bits per heavy atom. The summed E-state index contributed by atoms with van der Waals surface area (Å²) in [4.78, 5) is 22.4. The molecule has 2 aliphatic rings. The summed E-state index contributed by atoms with van der Waals surface area (Å²) in [5.41, 5.74) is 2.09. The van der Waals surface area contributed by atoms with Crippen LogP contribution in [0.25, 0.3) is 10.9 Å². The predicted molar refractivity (Wildman–Crippen MR) is 128 cm³/mol. The number of nitrogens with zero attached hydrogens (tertiary/aromatic N) is 3. The number of amides is 1. The topological polar surface area (TPSA) is 65.5 Å². The van der Waals surface area contributed by atoms with Crippen LogP contribution in [0.5, 0.6) is 0 Å². The maximum absolute atomic E-state index is 12.9. The maximum atomic E-state index is 12.9. The van der Waals surface area contributed by atoms with Crippen molar-refractivity contribution in [3.8, 4) is 0 Å². The molecule has 0 radical (unpaired) electrons. The molecule has 1 saturated heterocycles. The van der Waals surface area contributed by atoms with Gasteiger partial charge in [-0.15, -0.1) is 0 Å². The molecule has 1 N–H and O–H groups in total. The van der Waals surface area contributed by atoms with Crippen LogP contribution in [0.3, 0.4) is 0 Å². The molecule has 1 aliphatic heterocycles. The van der Waals surface area contributed by atoms with Crippen LogP contribution in [0.1, 0.15) is 30.1 Å². The monoisotopic (exact) mass is 448 g/mol. The molecule has 32 heavy (non-hydrogen) atoms. The molecule has 2 fully saturated rings. The number of pyridine rings is 1. The minimum atomic E-state index is -1.45. The minimum absolute atomic E-state index is 0.0645.